The standard InChI is InChI=1S/C20H22N6O/c21-12-16-19(18-15-2-1-5-22-20(15)24-17(18)13-23-16)26-6-3-14(4-7-26)25-8-10-27-11-9-25/h1-2,5,13-14H,3-4,6-11H2,(H,22,24). The van der Waals surface area contributed by atoms with Crippen LogP contribution in [0.5, 0.6) is 0 Å². The summed E-state index contributed by atoms with van der Waals surface area (Å²) in [5.74, 6) is 0. The Labute approximate surface area is 157 Å². The molecule has 2 saturated heterocycles. The number of hydrogen-bond acceptors (Lipinski definition) is 6. The lowest BCUT2D eigenvalue weighted by Crippen LogP contribution is -2.49. The Morgan fingerprint density at radius 3 is 2.74 bits per heavy atom. The van der Waals surface area contributed by atoms with E-state index in [4.69, 9.17) is 4.74 Å². The number of morpholine rings is 1. The Hall–Kier alpha value is -2.69. The van der Waals surface area contributed by atoms with Crippen molar-refractivity contribution in [2.24, 2.45) is 0 Å². The zero-order valence-corrected chi connectivity index (χ0v) is 15.2. The molecule has 5 heterocycles. The monoisotopic (exact) mass is 362 g/mol. The van der Waals surface area contributed by atoms with E-state index in [9.17, 15) is 5.26 Å². The minimum absolute atomic E-state index is 0.497. The normalized spacial score (nSPS) is 19.6. The Morgan fingerprint density at radius 1 is 1.15 bits per heavy atom. The average Bonchev–Trinajstić information content (AvgIpc) is 3.12. The Bertz CT molecular complexity index is 1010. The third kappa shape index (κ3) is 2.82. The van der Waals surface area contributed by atoms with Gasteiger partial charge < -0.3 is 14.6 Å². The zero-order chi connectivity index (χ0) is 18.2. The maximum Gasteiger partial charge on any atom is 0.164 e. The van der Waals surface area contributed by atoms with Gasteiger partial charge in [0, 0.05) is 49.2 Å². The number of hydrogen-bond donors (Lipinski definition) is 1. The van der Waals surface area contributed by atoms with Crippen LogP contribution in [0, 0.1) is 11.3 Å². The van der Waals surface area contributed by atoms with Crippen molar-refractivity contribution in [1.82, 2.24) is 19.9 Å². The highest BCUT2D eigenvalue weighted by atomic mass is 16.5. The highest BCUT2D eigenvalue weighted by Crippen LogP contribution is 2.36. The molecule has 27 heavy (non-hydrogen) atoms. The lowest BCUT2D eigenvalue weighted by Gasteiger charge is -2.41. The molecular formula is C20H22N6O. The molecule has 138 valence electrons. The summed E-state index contributed by atoms with van der Waals surface area (Å²) in [6.07, 6.45) is 5.73. The first kappa shape index (κ1) is 16.5. The van der Waals surface area contributed by atoms with Crippen LogP contribution in [0.2, 0.25) is 0 Å². The van der Waals surface area contributed by atoms with Crippen LogP contribution in [0.15, 0.2) is 24.5 Å². The molecule has 0 saturated carbocycles. The number of nitrogens with one attached hydrogen (secondary N) is 1. The van der Waals surface area contributed by atoms with E-state index in [2.05, 4.69) is 36.9 Å². The number of piperidine rings is 1. The van der Waals surface area contributed by atoms with Gasteiger partial charge in [0.1, 0.15) is 11.7 Å². The molecule has 0 radical (unpaired) electrons. The molecule has 0 amide bonds. The lowest BCUT2D eigenvalue weighted by molar-refractivity contribution is 0.0115. The summed E-state index contributed by atoms with van der Waals surface area (Å²) in [5, 5.41) is 11.8. The zero-order valence-electron chi connectivity index (χ0n) is 15.2. The molecule has 3 aromatic heterocycles. The first-order valence-electron chi connectivity index (χ1n) is 9.57. The topological polar surface area (TPSA) is 81.1 Å². The van der Waals surface area contributed by atoms with Crippen molar-refractivity contribution < 1.29 is 4.74 Å². The van der Waals surface area contributed by atoms with E-state index in [1.807, 2.05) is 6.07 Å². The van der Waals surface area contributed by atoms with E-state index in [0.717, 1.165) is 79.9 Å². The van der Waals surface area contributed by atoms with E-state index < -0.39 is 0 Å². The van der Waals surface area contributed by atoms with Gasteiger partial charge in [-0.05, 0) is 25.0 Å². The quantitative estimate of drug-likeness (QED) is 0.753. The van der Waals surface area contributed by atoms with Crippen LogP contribution in [0.4, 0.5) is 5.69 Å². The molecule has 0 atom stereocenters. The van der Waals surface area contributed by atoms with E-state index >= 15 is 0 Å². The predicted octanol–water partition coefficient (Wildman–Crippen LogP) is 2.28. The molecule has 3 aromatic rings. The van der Waals surface area contributed by atoms with Crippen LogP contribution in [-0.4, -0.2) is 65.3 Å². The van der Waals surface area contributed by atoms with Crippen LogP contribution < -0.4 is 4.90 Å². The fourth-order valence-corrected chi connectivity index (χ4v) is 4.49. The van der Waals surface area contributed by atoms with Crippen LogP contribution in [0.25, 0.3) is 21.9 Å². The number of aromatic amines is 1. The summed E-state index contributed by atoms with van der Waals surface area (Å²) in [7, 11) is 0. The smallest absolute Gasteiger partial charge is 0.164 e. The molecule has 7 nitrogen and oxygen atoms in total. The number of anilines is 1. The van der Waals surface area contributed by atoms with Crippen molar-refractivity contribution in [3.05, 3.63) is 30.2 Å². The summed E-state index contributed by atoms with van der Waals surface area (Å²) >= 11 is 0. The molecule has 0 aromatic carbocycles. The maximum atomic E-state index is 9.69. The van der Waals surface area contributed by atoms with Crippen LogP contribution >= 0.6 is 0 Å². The predicted molar refractivity (Wildman–Crippen MR) is 104 cm³/mol. The first-order valence-corrected chi connectivity index (χ1v) is 9.57. The Kier molecular flexibility index (Phi) is 4.15. The van der Waals surface area contributed by atoms with Gasteiger partial charge in [0.05, 0.1) is 30.6 Å². The van der Waals surface area contributed by atoms with Crippen molar-refractivity contribution in [2.45, 2.75) is 18.9 Å². The number of nitriles is 1. The molecular weight excluding hydrogens is 340 g/mol. The molecule has 0 unspecified atom stereocenters. The van der Waals surface area contributed by atoms with Crippen molar-refractivity contribution in [2.75, 3.05) is 44.3 Å². The summed E-state index contributed by atoms with van der Waals surface area (Å²) in [6.45, 7) is 5.60. The minimum atomic E-state index is 0.497. The first-order chi connectivity index (χ1) is 13.3. The van der Waals surface area contributed by atoms with Gasteiger partial charge >= 0.3 is 0 Å². The summed E-state index contributed by atoms with van der Waals surface area (Å²) in [5.41, 5.74) is 3.23. The van der Waals surface area contributed by atoms with Crippen LogP contribution in [0.3, 0.4) is 0 Å². The van der Waals surface area contributed by atoms with Crippen molar-refractivity contribution in [3.63, 3.8) is 0 Å². The summed E-state index contributed by atoms with van der Waals surface area (Å²) in [4.78, 5) is 17.1. The van der Waals surface area contributed by atoms with E-state index in [1.165, 1.54) is 0 Å². The van der Waals surface area contributed by atoms with E-state index in [-0.39, 0.29) is 0 Å². The van der Waals surface area contributed by atoms with Gasteiger partial charge in [-0.1, -0.05) is 0 Å². The third-order valence-corrected chi connectivity index (χ3v) is 5.83. The van der Waals surface area contributed by atoms with Gasteiger partial charge in [0.2, 0.25) is 0 Å². The van der Waals surface area contributed by atoms with Gasteiger partial charge in [-0.3, -0.25) is 4.90 Å². The fourth-order valence-electron chi connectivity index (χ4n) is 4.49. The number of nitrogens with zero attached hydrogens (tertiary/aromatic N) is 5. The number of ether oxygens (including phenoxy) is 1. The number of aromatic nitrogens is 3. The van der Waals surface area contributed by atoms with Gasteiger partial charge in [-0.25, -0.2) is 9.97 Å². The van der Waals surface area contributed by atoms with Crippen molar-refractivity contribution in [1.29, 1.82) is 5.26 Å². The third-order valence-electron chi connectivity index (χ3n) is 5.83. The van der Waals surface area contributed by atoms with Crippen molar-refractivity contribution >= 4 is 27.6 Å². The summed E-state index contributed by atoms with van der Waals surface area (Å²) in [6, 6.07) is 6.91. The second kappa shape index (κ2) is 6.80. The second-order valence-electron chi connectivity index (χ2n) is 7.25. The van der Waals surface area contributed by atoms with Gasteiger partial charge in [0.15, 0.2) is 5.69 Å². The molecule has 0 spiro atoms. The van der Waals surface area contributed by atoms with E-state index in [0.29, 0.717) is 11.7 Å². The maximum absolute atomic E-state index is 9.69. The second-order valence-corrected chi connectivity index (χ2v) is 7.25. The number of rotatable bonds is 2. The highest BCUT2D eigenvalue weighted by molar-refractivity contribution is 6.13. The average molecular weight is 362 g/mol. The number of pyridine rings is 2. The largest absolute Gasteiger partial charge is 0.379 e. The van der Waals surface area contributed by atoms with E-state index in [1.54, 1.807) is 12.4 Å². The van der Waals surface area contributed by atoms with Gasteiger partial charge in [-0.15, -0.1) is 0 Å². The molecule has 7 heteroatoms. The minimum Gasteiger partial charge on any atom is -0.379 e. The SMILES string of the molecule is N#Cc1ncc2[nH]c3ncccc3c2c1N1CCC(N2CCOCC2)CC1. The molecule has 0 bridgehead atoms. The Balaban J connectivity index is 1.50. The number of fused-ring (bicyclic) bond motifs is 3. The molecule has 1 N–H and O–H groups in total. The summed E-state index contributed by atoms with van der Waals surface area (Å²) < 4.78 is 5.49. The fraction of sp³-hybridized carbons (Fsp3) is 0.450. The van der Waals surface area contributed by atoms with Gasteiger partial charge in [-0.2, -0.15) is 5.26 Å². The Morgan fingerprint density at radius 2 is 1.96 bits per heavy atom. The molecule has 2 fully saturated rings. The van der Waals surface area contributed by atoms with Gasteiger partial charge in [0.25, 0.3) is 0 Å². The lowest BCUT2D eigenvalue weighted by atomic mass is 10.0. The molecule has 5 rings (SSSR count). The molecule has 0 aliphatic carbocycles. The van der Waals surface area contributed by atoms with Crippen molar-refractivity contribution in [3.8, 4) is 6.07 Å². The highest BCUT2D eigenvalue weighted by Gasteiger charge is 2.28. The number of H-pyrrole nitrogens is 1. The molecule has 2 aliphatic heterocycles. The van der Waals surface area contributed by atoms with Crippen LogP contribution in [-0.2, 0) is 4.74 Å². The molecule has 2 aliphatic rings. The van der Waals surface area contributed by atoms with Crippen LogP contribution in [0.1, 0.15) is 18.5 Å².